The number of carbonyl (C=O) groups excluding carboxylic acids is 1. The van der Waals surface area contributed by atoms with E-state index in [0.29, 0.717) is 12.2 Å². The Morgan fingerprint density at radius 2 is 1.66 bits per heavy atom. The van der Waals surface area contributed by atoms with Crippen LogP contribution in [0, 0.1) is 20.8 Å². The van der Waals surface area contributed by atoms with Gasteiger partial charge < -0.3 is 5.32 Å². The largest absolute Gasteiger partial charge is 0.323 e. The molecule has 3 aromatic rings. The van der Waals surface area contributed by atoms with Crippen LogP contribution in [0.2, 0.25) is 0 Å². The SMILES string of the molecule is Cc1ccc(Cn2nc(C)c(/C=C/C(=O)Nc3ccc(S(=O)(=O)N(C)C)cc3)c2C)cc1. The molecule has 0 spiro atoms. The van der Waals surface area contributed by atoms with Gasteiger partial charge >= 0.3 is 0 Å². The molecule has 0 unspecified atom stereocenters. The molecule has 8 heteroatoms. The van der Waals surface area contributed by atoms with Crippen LogP contribution in [-0.4, -0.2) is 42.5 Å². The van der Waals surface area contributed by atoms with Crippen LogP contribution in [0.3, 0.4) is 0 Å². The molecule has 0 saturated heterocycles. The summed E-state index contributed by atoms with van der Waals surface area (Å²) in [6, 6.07) is 14.4. The van der Waals surface area contributed by atoms with Crippen molar-refractivity contribution in [1.82, 2.24) is 14.1 Å². The minimum Gasteiger partial charge on any atom is -0.323 e. The molecular formula is C24H28N4O3S. The third-order valence-electron chi connectivity index (χ3n) is 5.19. The maximum absolute atomic E-state index is 12.4. The van der Waals surface area contributed by atoms with Crippen molar-refractivity contribution in [1.29, 1.82) is 0 Å². The number of nitrogens with one attached hydrogen (secondary N) is 1. The molecule has 7 nitrogen and oxygen atoms in total. The van der Waals surface area contributed by atoms with Gasteiger partial charge in [0.05, 0.1) is 17.1 Å². The first-order valence-electron chi connectivity index (χ1n) is 10.2. The zero-order valence-electron chi connectivity index (χ0n) is 19.0. The van der Waals surface area contributed by atoms with Crippen LogP contribution < -0.4 is 5.32 Å². The molecular weight excluding hydrogens is 424 g/mol. The van der Waals surface area contributed by atoms with Crippen LogP contribution in [0.15, 0.2) is 59.5 Å². The van der Waals surface area contributed by atoms with Crippen molar-refractivity contribution in [3.8, 4) is 0 Å². The molecule has 1 aromatic heterocycles. The Morgan fingerprint density at radius 3 is 2.25 bits per heavy atom. The molecule has 0 radical (unpaired) electrons. The lowest BCUT2D eigenvalue weighted by atomic mass is 10.1. The fourth-order valence-corrected chi connectivity index (χ4v) is 4.14. The number of benzene rings is 2. The van der Waals surface area contributed by atoms with Crippen LogP contribution in [0.25, 0.3) is 6.08 Å². The molecule has 0 aliphatic heterocycles. The predicted octanol–water partition coefficient (Wildman–Crippen LogP) is 3.76. The number of hydrogen-bond donors (Lipinski definition) is 1. The van der Waals surface area contributed by atoms with Crippen molar-refractivity contribution in [2.24, 2.45) is 0 Å². The minimum atomic E-state index is -3.50. The zero-order chi connectivity index (χ0) is 23.5. The predicted molar refractivity (Wildman–Crippen MR) is 127 cm³/mol. The van der Waals surface area contributed by atoms with Gasteiger partial charge in [0, 0.05) is 37.1 Å². The highest BCUT2D eigenvalue weighted by Crippen LogP contribution is 2.18. The maximum Gasteiger partial charge on any atom is 0.248 e. The number of hydrogen-bond acceptors (Lipinski definition) is 4. The molecule has 0 fully saturated rings. The van der Waals surface area contributed by atoms with Crippen molar-refractivity contribution in [2.45, 2.75) is 32.2 Å². The van der Waals surface area contributed by atoms with Crippen molar-refractivity contribution in [3.63, 3.8) is 0 Å². The van der Waals surface area contributed by atoms with E-state index >= 15 is 0 Å². The van der Waals surface area contributed by atoms with Gasteiger partial charge in [0.1, 0.15) is 0 Å². The normalized spacial score (nSPS) is 11.9. The number of nitrogens with zero attached hydrogens (tertiary/aromatic N) is 3. The Morgan fingerprint density at radius 1 is 1.03 bits per heavy atom. The number of amides is 1. The van der Waals surface area contributed by atoms with Gasteiger partial charge in [-0.25, -0.2) is 12.7 Å². The van der Waals surface area contributed by atoms with E-state index in [4.69, 9.17) is 0 Å². The summed E-state index contributed by atoms with van der Waals surface area (Å²) in [4.78, 5) is 12.5. The van der Waals surface area contributed by atoms with Crippen LogP contribution in [0.1, 0.15) is 28.1 Å². The van der Waals surface area contributed by atoms with Gasteiger partial charge in [0.15, 0.2) is 0 Å². The van der Waals surface area contributed by atoms with E-state index in [1.54, 1.807) is 18.2 Å². The summed E-state index contributed by atoms with van der Waals surface area (Å²) in [6.07, 6.45) is 3.21. The molecule has 1 N–H and O–H groups in total. The smallest absolute Gasteiger partial charge is 0.248 e. The first-order chi connectivity index (χ1) is 15.1. The topological polar surface area (TPSA) is 84.3 Å². The third-order valence-corrected chi connectivity index (χ3v) is 7.02. The number of aromatic nitrogens is 2. The average molecular weight is 453 g/mol. The standard InChI is InChI=1S/C24H28N4O3S/c1-17-6-8-20(9-7-17)16-28-19(3)23(18(2)26-28)14-15-24(29)25-21-10-12-22(13-11-21)32(30,31)27(4)5/h6-15H,16H2,1-5H3,(H,25,29)/b15-14+. The van der Waals surface area contributed by atoms with Crippen molar-refractivity contribution in [2.75, 3.05) is 19.4 Å². The lowest BCUT2D eigenvalue weighted by Crippen LogP contribution is -2.22. The summed E-state index contributed by atoms with van der Waals surface area (Å²) in [5.74, 6) is -0.307. The van der Waals surface area contributed by atoms with Gasteiger partial charge in [-0.15, -0.1) is 0 Å². The molecule has 0 aliphatic carbocycles. The van der Waals surface area contributed by atoms with E-state index < -0.39 is 10.0 Å². The quantitative estimate of drug-likeness (QED) is 0.553. The second-order valence-corrected chi connectivity index (χ2v) is 10.0. The number of carbonyl (C=O) groups is 1. The molecule has 2 aromatic carbocycles. The average Bonchev–Trinajstić information content (AvgIpc) is 3.01. The molecule has 32 heavy (non-hydrogen) atoms. The summed E-state index contributed by atoms with van der Waals surface area (Å²) in [7, 11) is -0.553. The van der Waals surface area contributed by atoms with E-state index in [1.165, 1.54) is 37.9 Å². The molecule has 0 saturated carbocycles. The van der Waals surface area contributed by atoms with E-state index in [9.17, 15) is 13.2 Å². The Hall–Kier alpha value is -3.23. The van der Waals surface area contributed by atoms with Crippen molar-refractivity contribution >= 4 is 27.7 Å². The Labute approximate surface area is 189 Å². The van der Waals surface area contributed by atoms with Gasteiger partial charge in [0.2, 0.25) is 15.9 Å². The zero-order valence-corrected chi connectivity index (χ0v) is 19.8. The van der Waals surface area contributed by atoms with Gasteiger partial charge in [-0.1, -0.05) is 29.8 Å². The van der Waals surface area contributed by atoms with Gasteiger partial charge in [-0.05, 0) is 56.7 Å². The van der Waals surface area contributed by atoms with E-state index in [2.05, 4.69) is 41.6 Å². The second kappa shape index (κ2) is 9.50. The Balaban J connectivity index is 1.69. The van der Waals surface area contributed by atoms with Crippen LogP contribution in [0.5, 0.6) is 0 Å². The molecule has 168 valence electrons. The fourth-order valence-electron chi connectivity index (χ4n) is 3.24. The number of rotatable bonds is 7. The first-order valence-corrected chi connectivity index (χ1v) is 11.6. The van der Waals surface area contributed by atoms with E-state index in [1.807, 2.05) is 18.5 Å². The lowest BCUT2D eigenvalue weighted by Gasteiger charge is -2.11. The lowest BCUT2D eigenvalue weighted by molar-refractivity contribution is -0.111. The molecule has 0 bridgehead atoms. The summed E-state index contributed by atoms with van der Waals surface area (Å²) in [5, 5.41) is 7.36. The molecule has 0 atom stereocenters. The number of aryl methyl sites for hydroxylation is 2. The minimum absolute atomic E-state index is 0.170. The highest BCUT2D eigenvalue weighted by molar-refractivity contribution is 7.89. The van der Waals surface area contributed by atoms with Gasteiger partial charge in [-0.2, -0.15) is 5.10 Å². The fraction of sp³-hybridized carbons (Fsp3) is 0.250. The summed E-state index contributed by atoms with van der Waals surface area (Å²) >= 11 is 0. The highest BCUT2D eigenvalue weighted by Gasteiger charge is 2.16. The molecule has 1 heterocycles. The van der Waals surface area contributed by atoms with Crippen LogP contribution in [-0.2, 0) is 21.4 Å². The van der Waals surface area contributed by atoms with E-state index in [0.717, 1.165) is 26.8 Å². The van der Waals surface area contributed by atoms with Crippen LogP contribution >= 0.6 is 0 Å². The third kappa shape index (κ3) is 5.33. The highest BCUT2D eigenvalue weighted by atomic mass is 32.2. The summed E-state index contributed by atoms with van der Waals surface area (Å²) in [6.45, 7) is 6.62. The van der Waals surface area contributed by atoms with E-state index in [-0.39, 0.29) is 10.8 Å². The molecule has 1 amide bonds. The van der Waals surface area contributed by atoms with Gasteiger partial charge in [-0.3, -0.25) is 9.48 Å². The summed E-state index contributed by atoms with van der Waals surface area (Å²) in [5.41, 5.74) is 5.61. The second-order valence-electron chi connectivity index (χ2n) is 7.86. The van der Waals surface area contributed by atoms with Crippen molar-refractivity contribution in [3.05, 3.63) is 82.7 Å². The Kier molecular flexibility index (Phi) is 6.96. The monoisotopic (exact) mass is 452 g/mol. The molecule has 3 rings (SSSR count). The van der Waals surface area contributed by atoms with Crippen molar-refractivity contribution < 1.29 is 13.2 Å². The summed E-state index contributed by atoms with van der Waals surface area (Å²) < 4.78 is 27.4. The first kappa shape index (κ1) is 23.4. The maximum atomic E-state index is 12.4. The van der Waals surface area contributed by atoms with Gasteiger partial charge in [0.25, 0.3) is 0 Å². The molecule has 0 aliphatic rings. The van der Waals surface area contributed by atoms with Crippen LogP contribution in [0.4, 0.5) is 5.69 Å². The Bertz CT molecular complexity index is 1240. The number of sulfonamides is 1. The number of anilines is 1.